The summed E-state index contributed by atoms with van der Waals surface area (Å²) >= 11 is 0. The van der Waals surface area contributed by atoms with Crippen LogP contribution in [0.2, 0.25) is 0 Å². The standard InChI is InChI=1S/C63H116O6/c1-4-7-10-13-16-19-22-25-27-29-31-33-35-38-41-44-47-50-53-56-62(65)68-59-60(58-67-61(64)55-52-49-46-43-40-37-24-21-18-15-12-9-6-3)69-63(66)57-54-51-48-45-42-39-36-34-32-30-28-26-23-20-17-14-11-8-5-2/h16,19,21,24-25,27,60H,4-15,17-18,20,22-23,26,28-59H2,1-3H3/b19-16-,24-21-,27-25-. The van der Waals surface area contributed by atoms with Crippen molar-refractivity contribution in [3.8, 4) is 0 Å². The zero-order valence-electron chi connectivity index (χ0n) is 46.3. The van der Waals surface area contributed by atoms with E-state index in [2.05, 4.69) is 57.2 Å². The second-order valence-electron chi connectivity index (χ2n) is 20.6. The average molecular weight is 970 g/mol. The SMILES string of the molecule is CCCCC/C=C\C/C=C\CCCCCCCCCCCC(=O)OCC(COC(=O)CCCCCCC/C=C\CCCCCC)OC(=O)CCCCCCCCCCCCCCCCCCCCC. The molecule has 0 bridgehead atoms. The lowest BCUT2D eigenvalue weighted by molar-refractivity contribution is -0.167. The first kappa shape index (κ1) is 66.6. The predicted octanol–water partition coefficient (Wildman–Crippen LogP) is 20.4. The summed E-state index contributed by atoms with van der Waals surface area (Å²) in [4.78, 5) is 38.2. The number of hydrogen-bond donors (Lipinski definition) is 0. The molecule has 0 aromatic rings. The van der Waals surface area contributed by atoms with Crippen LogP contribution in [0.1, 0.15) is 329 Å². The summed E-state index contributed by atoms with van der Waals surface area (Å²) < 4.78 is 16.9. The first-order chi connectivity index (χ1) is 34.0. The van der Waals surface area contributed by atoms with Crippen molar-refractivity contribution in [3.63, 3.8) is 0 Å². The van der Waals surface area contributed by atoms with Crippen LogP contribution in [0.4, 0.5) is 0 Å². The lowest BCUT2D eigenvalue weighted by atomic mass is 10.0. The van der Waals surface area contributed by atoms with Crippen LogP contribution in [0.15, 0.2) is 36.5 Å². The molecule has 69 heavy (non-hydrogen) atoms. The summed E-state index contributed by atoms with van der Waals surface area (Å²) in [5.74, 6) is -0.865. The Balaban J connectivity index is 4.32. The molecule has 6 heteroatoms. The molecule has 0 N–H and O–H groups in total. The Morgan fingerprint density at radius 1 is 0.290 bits per heavy atom. The minimum Gasteiger partial charge on any atom is -0.462 e. The zero-order valence-corrected chi connectivity index (χ0v) is 46.3. The molecule has 0 aliphatic carbocycles. The van der Waals surface area contributed by atoms with Gasteiger partial charge < -0.3 is 14.2 Å². The number of allylic oxidation sites excluding steroid dienone is 6. The number of esters is 3. The number of carbonyl (C=O) groups excluding carboxylic acids is 3. The second kappa shape index (κ2) is 58.2. The van der Waals surface area contributed by atoms with Gasteiger partial charge in [-0.05, 0) is 77.0 Å². The Morgan fingerprint density at radius 2 is 0.522 bits per heavy atom. The summed E-state index contributed by atoms with van der Waals surface area (Å²) in [5.41, 5.74) is 0. The molecular formula is C63H116O6. The quantitative estimate of drug-likeness (QED) is 0.0261. The summed E-state index contributed by atoms with van der Waals surface area (Å²) in [6, 6.07) is 0. The third-order valence-electron chi connectivity index (χ3n) is 13.6. The van der Waals surface area contributed by atoms with Gasteiger partial charge in [-0.25, -0.2) is 0 Å². The maximum Gasteiger partial charge on any atom is 0.306 e. The second-order valence-corrected chi connectivity index (χ2v) is 20.6. The Labute approximate surface area is 429 Å². The minimum atomic E-state index is -0.774. The van der Waals surface area contributed by atoms with Gasteiger partial charge in [-0.1, -0.05) is 269 Å². The Kier molecular flexibility index (Phi) is 56.2. The number of ether oxygens (including phenoxy) is 3. The highest BCUT2D eigenvalue weighted by Crippen LogP contribution is 2.17. The van der Waals surface area contributed by atoms with Crippen molar-refractivity contribution < 1.29 is 28.6 Å². The lowest BCUT2D eigenvalue weighted by Crippen LogP contribution is -2.30. The van der Waals surface area contributed by atoms with Gasteiger partial charge in [0.05, 0.1) is 0 Å². The van der Waals surface area contributed by atoms with Crippen LogP contribution in [-0.4, -0.2) is 37.2 Å². The Morgan fingerprint density at radius 3 is 0.855 bits per heavy atom. The van der Waals surface area contributed by atoms with E-state index in [1.165, 1.54) is 218 Å². The van der Waals surface area contributed by atoms with E-state index in [9.17, 15) is 14.4 Å². The summed E-state index contributed by atoms with van der Waals surface area (Å²) in [5, 5.41) is 0. The van der Waals surface area contributed by atoms with Gasteiger partial charge in [-0.2, -0.15) is 0 Å². The zero-order chi connectivity index (χ0) is 50.0. The molecule has 404 valence electrons. The van der Waals surface area contributed by atoms with Gasteiger partial charge >= 0.3 is 17.9 Å². The van der Waals surface area contributed by atoms with Crippen molar-refractivity contribution in [2.24, 2.45) is 0 Å². The molecule has 0 saturated heterocycles. The Bertz CT molecular complexity index is 1160. The van der Waals surface area contributed by atoms with Crippen LogP contribution in [0.25, 0.3) is 0 Å². The summed E-state index contributed by atoms with van der Waals surface area (Å²) in [6.07, 6.45) is 69.9. The maximum absolute atomic E-state index is 12.9. The number of unbranched alkanes of at least 4 members (excludes halogenated alkanes) is 39. The molecule has 0 aliphatic heterocycles. The van der Waals surface area contributed by atoms with Crippen molar-refractivity contribution in [1.29, 1.82) is 0 Å². The molecule has 0 aromatic heterocycles. The number of hydrogen-bond acceptors (Lipinski definition) is 6. The third-order valence-corrected chi connectivity index (χ3v) is 13.6. The van der Waals surface area contributed by atoms with E-state index in [0.717, 1.165) is 70.6 Å². The van der Waals surface area contributed by atoms with E-state index < -0.39 is 6.10 Å². The molecule has 6 nitrogen and oxygen atoms in total. The average Bonchev–Trinajstić information content (AvgIpc) is 3.35. The topological polar surface area (TPSA) is 78.9 Å². The van der Waals surface area contributed by atoms with Crippen LogP contribution in [0.5, 0.6) is 0 Å². The van der Waals surface area contributed by atoms with Crippen molar-refractivity contribution in [2.75, 3.05) is 13.2 Å². The summed E-state index contributed by atoms with van der Waals surface area (Å²) in [6.45, 7) is 6.64. The maximum atomic E-state index is 12.9. The largest absolute Gasteiger partial charge is 0.462 e. The highest BCUT2D eigenvalue weighted by atomic mass is 16.6. The molecule has 0 rings (SSSR count). The van der Waals surface area contributed by atoms with Crippen LogP contribution in [0.3, 0.4) is 0 Å². The molecule has 0 heterocycles. The molecule has 0 spiro atoms. The molecular weight excluding hydrogens is 853 g/mol. The van der Waals surface area contributed by atoms with Gasteiger partial charge in [0.25, 0.3) is 0 Å². The first-order valence-corrected chi connectivity index (χ1v) is 30.5. The van der Waals surface area contributed by atoms with E-state index in [1.807, 2.05) is 0 Å². The van der Waals surface area contributed by atoms with E-state index in [-0.39, 0.29) is 31.1 Å². The summed E-state index contributed by atoms with van der Waals surface area (Å²) in [7, 11) is 0. The molecule has 1 atom stereocenters. The smallest absolute Gasteiger partial charge is 0.306 e. The van der Waals surface area contributed by atoms with Gasteiger partial charge in [-0.3, -0.25) is 14.4 Å². The minimum absolute atomic E-state index is 0.0732. The van der Waals surface area contributed by atoms with Crippen LogP contribution >= 0.6 is 0 Å². The van der Waals surface area contributed by atoms with E-state index >= 15 is 0 Å². The lowest BCUT2D eigenvalue weighted by Gasteiger charge is -2.18. The van der Waals surface area contributed by atoms with Crippen molar-refractivity contribution in [2.45, 2.75) is 335 Å². The van der Waals surface area contributed by atoms with E-state index in [1.54, 1.807) is 0 Å². The molecule has 1 unspecified atom stereocenters. The highest BCUT2D eigenvalue weighted by Gasteiger charge is 2.19. The number of rotatable bonds is 56. The van der Waals surface area contributed by atoms with Crippen molar-refractivity contribution in [3.05, 3.63) is 36.5 Å². The van der Waals surface area contributed by atoms with E-state index in [4.69, 9.17) is 14.2 Å². The third kappa shape index (κ3) is 56.4. The first-order valence-electron chi connectivity index (χ1n) is 30.5. The fraction of sp³-hybridized carbons (Fsp3) is 0.857. The van der Waals surface area contributed by atoms with E-state index in [0.29, 0.717) is 19.3 Å². The number of carbonyl (C=O) groups is 3. The fourth-order valence-corrected chi connectivity index (χ4v) is 9.00. The predicted molar refractivity (Wildman–Crippen MR) is 298 cm³/mol. The highest BCUT2D eigenvalue weighted by molar-refractivity contribution is 5.71. The van der Waals surface area contributed by atoms with Crippen LogP contribution < -0.4 is 0 Å². The van der Waals surface area contributed by atoms with Gasteiger partial charge in [0.2, 0.25) is 0 Å². The fourth-order valence-electron chi connectivity index (χ4n) is 9.00. The molecule has 0 fully saturated rings. The molecule has 0 aliphatic rings. The van der Waals surface area contributed by atoms with Gasteiger partial charge in [0.1, 0.15) is 13.2 Å². The van der Waals surface area contributed by atoms with Gasteiger partial charge in [0, 0.05) is 19.3 Å². The molecule has 0 amide bonds. The normalized spacial score (nSPS) is 12.2. The Hall–Kier alpha value is -2.37. The monoisotopic (exact) mass is 969 g/mol. The van der Waals surface area contributed by atoms with Crippen molar-refractivity contribution >= 4 is 17.9 Å². The molecule has 0 radical (unpaired) electrons. The molecule has 0 aromatic carbocycles. The van der Waals surface area contributed by atoms with Crippen molar-refractivity contribution in [1.82, 2.24) is 0 Å². The van der Waals surface area contributed by atoms with Crippen LogP contribution in [-0.2, 0) is 28.6 Å². The van der Waals surface area contributed by atoms with Gasteiger partial charge in [-0.15, -0.1) is 0 Å². The van der Waals surface area contributed by atoms with Crippen LogP contribution in [0, 0.1) is 0 Å². The molecule has 0 saturated carbocycles. The van der Waals surface area contributed by atoms with Gasteiger partial charge in [0.15, 0.2) is 6.10 Å².